The Morgan fingerprint density at radius 3 is 2.26 bits per heavy atom. The van der Waals surface area contributed by atoms with E-state index in [1.54, 1.807) is 18.2 Å². The number of alkyl halides is 3. The fraction of sp³-hybridized carbons (Fsp3) is 0.240. The lowest BCUT2D eigenvalue weighted by molar-refractivity contribution is -0.278. The molecule has 182 valence electrons. The van der Waals surface area contributed by atoms with Crippen LogP contribution in [0.2, 0.25) is 0 Å². The predicted molar refractivity (Wildman–Crippen MR) is 121 cm³/mol. The van der Waals surface area contributed by atoms with Gasteiger partial charge < -0.3 is 19.2 Å². The number of benzene rings is 2. The van der Waals surface area contributed by atoms with Crippen LogP contribution in [-0.4, -0.2) is 42.3 Å². The molecule has 1 N–H and O–H groups in total. The monoisotopic (exact) mass is 486 g/mol. The number of nitrogens with one attached hydrogen (secondary N) is 1. The van der Waals surface area contributed by atoms with Gasteiger partial charge in [0.05, 0.1) is 12.6 Å². The Kier molecular flexibility index (Phi) is 6.25. The standard InChI is InChI=1S/C25H21F3N2O5/c1-14(35-23(32)24(34-3,25(26,27)28)15-9-5-4-6-10-15)20-21-17(13-19(30-20)22(31)33-2)16-11-7-8-12-18(16)29-21/h4-14,29H,1-3H3/t14-,24-/m0/s1. The molecule has 0 saturated heterocycles. The topological polar surface area (TPSA) is 90.5 Å². The number of methoxy groups -OCH3 is 2. The summed E-state index contributed by atoms with van der Waals surface area (Å²) in [6.07, 6.45) is -6.42. The SMILES string of the molecule is COC(=O)c1cc2c([nH]c3ccccc32)c([C@H](C)OC(=O)[C@@](OC)(c2ccccc2)C(F)(F)F)n1. The Bertz CT molecular complexity index is 1400. The summed E-state index contributed by atoms with van der Waals surface area (Å²) in [5.41, 5.74) is -2.69. The number of hydrogen-bond donors (Lipinski definition) is 1. The molecule has 0 unspecified atom stereocenters. The molecule has 0 bridgehead atoms. The van der Waals surface area contributed by atoms with E-state index in [2.05, 4.69) is 9.97 Å². The number of carbonyl (C=O) groups excluding carboxylic acids is 2. The van der Waals surface area contributed by atoms with Crippen molar-refractivity contribution in [2.45, 2.75) is 24.8 Å². The van der Waals surface area contributed by atoms with E-state index in [-0.39, 0.29) is 11.4 Å². The number of rotatable bonds is 6. The Morgan fingerprint density at radius 1 is 0.971 bits per heavy atom. The Hall–Kier alpha value is -3.92. The van der Waals surface area contributed by atoms with Crippen molar-refractivity contribution >= 4 is 33.7 Å². The molecule has 0 aliphatic rings. The van der Waals surface area contributed by atoms with Crippen LogP contribution in [0.5, 0.6) is 0 Å². The third-order valence-corrected chi connectivity index (χ3v) is 5.76. The number of aromatic amines is 1. The molecule has 0 radical (unpaired) electrons. The maximum atomic E-state index is 14.3. The molecule has 35 heavy (non-hydrogen) atoms. The van der Waals surface area contributed by atoms with Crippen molar-refractivity contribution in [2.24, 2.45) is 0 Å². The van der Waals surface area contributed by atoms with E-state index in [9.17, 15) is 22.8 Å². The van der Waals surface area contributed by atoms with Crippen LogP contribution in [0.15, 0.2) is 60.7 Å². The van der Waals surface area contributed by atoms with Gasteiger partial charge >= 0.3 is 18.1 Å². The Labute approximate surface area is 197 Å². The molecule has 2 heterocycles. The second kappa shape index (κ2) is 9.03. The second-order valence-electron chi connectivity index (χ2n) is 7.77. The number of esters is 2. The molecular formula is C25H21F3N2O5. The van der Waals surface area contributed by atoms with E-state index in [0.717, 1.165) is 24.6 Å². The van der Waals surface area contributed by atoms with Crippen molar-refractivity contribution in [2.75, 3.05) is 14.2 Å². The van der Waals surface area contributed by atoms with E-state index in [1.165, 1.54) is 38.3 Å². The highest BCUT2D eigenvalue weighted by Gasteiger charge is 2.64. The van der Waals surface area contributed by atoms with Crippen molar-refractivity contribution in [1.82, 2.24) is 9.97 Å². The lowest BCUT2D eigenvalue weighted by Crippen LogP contribution is -2.51. The number of H-pyrrole nitrogens is 1. The zero-order chi connectivity index (χ0) is 25.4. The number of fused-ring (bicyclic) bond motifs is 3. The number of halogens is 3. The van der Waals surface area contributed by atoms with Crippen LogP contribution in [0, 0.1) is 0 Å². The highest BCUT2D eigenvalue weighted by molar-refractivity contribution is 6.09. The molecular weight excluding hydrogens is 465 g/mol. The lowest BCUT2D eigenvalue weighted by Gasteiger charge is -2.33. The van der Waals surface area contributed by atoms with Crippen LogP contribution < -0.4 is 0 Å². The molecule has 2 aromatic heterocycles. The van der Waals surface area contributed by atoms with Crippen LogP contribution in [0.25, 0.3) is 21.8 Å². The van der Waals surface area contributed by atoms with Gasteiger partial charge in [-0.2, -0.15) is 13.2 Å². The molecule has 4 aromatic rings. The van der Waals surface area contributed by atoms with Gasteiger partial charge in [0, 0.05) is 29.0 Å². The van der Waals surface area contributed by atoms with Crippen LogP contribution in [-0.2, 0) is 24.6 Å². The van der Waals surface area contributed by atoms with E-state index in [0.29, 0.717) is 16.4 Å². The molecule has 2 aromatic carbocycles. The summed E-state index contributed by atoms with van der Waals surface area (Å²) in [6.45, 7) is 1.37. The minimum atomic E-state index is -5.13. The minimum Gasteiger partial charge on any atom is -0.464 e. The summed E-state index contributed by atoms with van der Waals surface area (Å²) in [6, 6.07) is 15.2. The van der Waals surface area contributed by atoms with Crippen LogP contribution in [0.1, 0.15) is 34.8 Å². The highest BCUT2D eigenvalue weighted by Crippen LogP contribution is 2.44. The smallest absolute Gasteiger partial charge is 0.432 e. The second-order valence-corrected chi connectivity index (χ2v) is 7.77. The van der Waals surface area contributed by atoms with E-state index >= 15 is 0 Å². The maximum Gasteiger partial charge on any atom is 0.432 e. The molecule has 0 saturated carbocycles. The average Bonchev–Trinajstić information content (AvgIpc) is 3.22. The van der Waals surface area contributed by atoms with Gasteiger partial charge in [-0.05, 0) is 19.1 Å². The van der Waals surface area contributed by atoms with Gasteiger partial charge in [0.2, 0.25) is 0 Å². The van der Waals surface area contributed by atoms with E-state index in [4.69, 9.17) is 14.2 Å². The molecule has 0 aliphatic heterocycles. The third-order valence-electron chi connectivity index (χ3n) is 5.76. The molecule has 10 heteroatoms. The van der Waals surface area contributed by atoms with E-state index < -0.39 is 35.4 Å². The van der Waals surface area contributed by atoms with Gasteiger partial charge in [-0.25, -0.2) is 14.6 Å². The van der Waals surface area contributed by atoms with Gasteiger partial charge in [0.1, 0.15) is 17.5 Å². The van der Waals surface area contributed by atoms with Gasteiger partial charge in [-0.3, -0.25) is 0 Å². The van der Waals surface area contributed by atoms with Crippen LogP contribution in [0.3, 0.4) is 0 Å². The zero-order valence-electron chi connectivity index (χ0n) is 19.0. The molecule has 0 aliphatic carbocycles. The normalized spacial score (nSPS) is 14.5. The first-order chi connectivity index (χ1) is 16.6. The quantitative estimate of drug-likeness (QED) is 0.376. The highest BCUT2D eigenvalue weighted by atomic mass is 19.4. The average molecular weight is 486 g/mol. The van der Waals surface area contributed by atoms with Crippen molar-refractivity contribution in [3.05, 3.63) is 77.6 Å². The first-order valence-electron chi connectivity index (χ1n) is 10.5. The minimum absolute atomic E-state index is 0.0627. The number of ether oxygens (including phenoxy) is 3. The van der Waals surface area contributed by atoms with E-state index in [1.807, 2.05) is 6.07 Å². The largest absolute Gasteiger partial charge is 0.464 e. The van der Waals surface area contributed by atoms with Gasteiger partial charge in [-0.15, -0.1) is 0 Å². The maximum absolute atomic E-state index is 14.3. The zero-order valence-corrected chi connectivity index (χ0v) is 19.0. The number of nitrogens with zero attached hydrogens (tertiary/aromatic N) is 1. The summed E-state index contributed by atoms with van der Waals surface area (Å²) >= 11 is 0. The molecule has 0 spiro atoms. The summed E-state index contributed by atoms with van der Waals surface area (Å²) in [7, 11) is 1.97. The summed E-state index contributed by atoms with van der Waals surface area (Å²) in [5, 5.41) is 1.33. The lowest BCUT2D eigenvalue weighted by atomic mass is 9.92. The Morgan fingerprint density at radius 2 is 1.63 bits per heavy atom. The van der Waals surface area contributed by atoms with Crippen molar-refractivity contribution in [3.8, 4) is 0 Å². The first-order valence-corrected chi connectivity index (χ1v) is 10.5. The Balaban J connectivity index is 1.83. The number of pyridine rings is 1. The van der Waals surface area contributed by atoms with Crippen molar-refractivity contribution < 1.29 is 37.0 Å². The summed E-state index contributed by atoms with van der Waals surface area (Å²) in [5.74, 6) is -2.41. The van der Waals surface area contributed by atoms with Crippen LogP contribution in [0.4, 0.5) is 13.2 Å². The summed E-state index contributed by atoms with van der Waals surface area (Å²) < 4.78 is 57.7. The predicted octanol–water partition coefficient (Wildman–Crippen LogP) is 5.21. The molecule has 0 fully saturated rings. The molecule has 4 rings (SSSR count). The van der Waals surface area contributed by atoms with Gasteiger partial charge in [0.15, 0.2) is 0 Å². The van der Waals surface area contributed by atoms with Gasteiger partial charge in [0.25, 0.3) is 5.60 Å². The third kappa shape index (κ3) is 3.99. The number of aromatic nitrogens is 2. The fourth-order valence-corrected chi connectivity index (χ4v) is 4.06. The number of carbonyl (C=O) groups is 2. The van der Waals surface area contributed by atoms with Gasteiger partial charge in [-0.1, -0.05) is 48.5 Å². The van der Waals surface area contributed by atoms with Crippen molar-refractivity contribution in [1.29, 1.82) is 0 Å². The first kappa shape index (κ1) is 24.2. The molecule has 2 atom stereocenters. The summed E-state index contributed by atoms with van der Waals surface area (Å²) in [4.78, 5) is 32.8. The molecule has 0 amide bonds. The number of para-hydroxylation sites is 1. The number of hydrogen-bond acceptors (Lipinski definition) is 6. The van der Waals surface area contributed by atoms with Crippen molar-refractivity contribution in [3.63, 3.8) is 0 Å². The molecule has 7 nitrogen and oxygen atoms in total. The van der Waals surface area contributed by atoms with Crippen LogP contribution >= 0.6 is 0 Å². The fourth-order valence-electron chi connectivity index (χ4n) is 4.06.